The summed E-state index contributed by atoms with van der Waals surface area (Å²) >= 11 is 0. The molecule has 4 heteroatoms. The van der Waals surface area contributed by atoms with Crippen LogP contribution in [0.4, 0.5) is 4.39 Å². The maximum absolute atomic E-state index is 13.4. The van der Waals surface area contributed by atoms with Gasteiger partial charge < -0.3 is 4.98 Å². The molecule has 2 aromatic rings. The van der Waals surface area contributed by atoms with Crippen molar-refractivity contribution < 1.29 is 4.39 Å². The maximum Gasteiger partial charge on any atom is 0.266 e. The summed E-state index contributed by atoms with van der Waals surface area (Å²) in [6.07, 6.45) is 2.58. The molecule has 2 rings (SSSR count). The Morgan fingerprint density at radius 1 is 1.33 bits per heavy atom. The smallest absolute Gasteiger partial charge is 0.266 e. The molecule has 0 bridgehead atoms. The first-order valence-corrected chi connectivity index (χ1v) is 4.47. The number of hydrogen-bond acceptors (Lipinski definition) is 2. The Morgan fingerprint density at radius 2 is 2.13 bits per heavy atom. The zero-order valence-electron chi connectivity index (χ0n) is 8.12. The number of halogens is 1. The Balaban J connectivity index is 2.63. The minimum Gasteiger partial charge on any atom is -0.319 e. The number of hydrogen-bond donors (Lipinski definition) is 1. The molecule has 15 heavy (non-hydrogen) atoms. The van der Waals surface area contributed by atoms with E-state index in [1.807, 2.05) is 6.92 Å². The molecule has 76 valence electrons. The summed E-state index contributed by atoms with van der Waals surface area (Å²) < 4.78 is 13.4. The molecule has 3 nitrogen and oxygen atoms in total. The van der Waals surface area contributed by atoms with Crippen molar-refractivity contribution in [3.8, 4) is 11.3 Å². The lowest BCUT2D eigenvalue weighted by atomic mass is 10.1. The van der Waals surface area contributed by atoms with Crippen LogP contribution in [-0.4, -0.2) is 9.97 Å². The van der Waals surface area contributed by atoms with Crippen LogP contribution in [-0.2, 0) is 0 Å². The van der Waals surface area contributed by atoms with Crippen LogP contribution in [0.25, 0.3) is 11.3 Å². The summed E-state index contributed by atoms with van der Waals surface area (Å²) in [5, 5.41) is 0. The summed E-state index contributed by atoms with van der Waals surface area (Å²) in [4.78, 5) is 17.3. The standard InChI is InChI=1S/C11H9FN2O/c1-7-2-3-9(12)8(4-7)10-5-13-6-11(15)14-10/h2-6H,1H3,(H,14,15). The number of rotatable bonds is 1. The van der Waals surface area contributed by atoms with E-state index in [1.165, 1.54) is 12.3 Å². The number of nitrogens with one attached hydrogen (secondary N) is 1. The first-order chi connectivity index (χ1) is 7.16. The predicted molar refractivity (Wildman–Crippen MR) is 55.0 cm³/mol. The average Bonchev–Trinajstić information content (AvgIpc) is 2.22. The zero-order chi connectivity index (χ0) is 10.8. The summed E-state index contributed by atoms with van der Waals surface area (Å²) in [5.74, 6) is -0.371. The number of aromatic amines is 1. The highest BCUT2D eigenvalue weighted by molar-refractivity contribution is 5.59. The first kappa shape index (κ1) is 9.58. The third-order valence-corrected chi connectivity index (χ3v) is 2.07. The maximum atomic E-state index is 13.4. The Hall–Kier alpha value is -1.97. The van der Waals surface area contributed by atoms with E-state index in [4.69, 9.17) is 0 Å². The lowest BCUT2D eigenvalue weighted by Crippen LogP contribution is -2.06. The van der Waals surface area contributed by atoms with Crippen LogP contribution in [0, 0.1) is 12.7 Å². The van der Waals surface area contributed by atoms with E-state index in [0.29, 0.717) is 11.3 Å². The lowest BCUT2D eigenvalue weighted by molar-refractivity contribution is 0.630. The summed E-state index contributed by atoms with van der Waals surface area (Å²) in [7, 11) is 0. The van der Waals surface area contributed by atoms with Crippen molar-refractivity contribution in [2.24, 2.45) is 0 Å². The summed E-state index contributed by atoms with van der Waals surface area (Å²) in [5.41, 5.74) is 1.34. The van der Waals surface area contributed by atoms with Crippen LogP contribution in [0.5, 0.6) is 0 Å². The van der Waals surface area contributed by atoms with Crippen molar-refractivity contribution in [3.63, 3.8) is 0 Å². The minimum atomic E-state index is -0.371. The van der Waals surface area contributed by atoms with Crippen LogP contribution in [0.3, 0.4) is 0 Å². The molecule has 0 fully saturated rings. The normalized spacial score (nSPS) is 10.3. The molecule has 0 unspecified atom stereocenters. The highest BCUT2D eigenvalue weighted by Crippen LogP contribution is 2.20. The van der Waals surface area contributed by atoms with Crippen LogP contribution < -0.4 is 5.56 Å². The van der Waals surface area contributed by atoms with Crippen molar-refractivity contribution in [1.82, 2.24) is 9.97 Å². The van der Waals surface area contributed by atoms with Crippen LogP contribution in [0.1, 0.15) is 5.56 Å². The van der Waals surface area contributed by atoms with E-state index in [0.717, 1.165) is 11.8 Å². The third kappa shape index (κ3) is 1.93. The van der Waals surface area contributed by atoms with Crippen LogP contribution in [0.2, 0.25) is 0 Å². The number of benzene rings is 1. The highest BCUT2D eigenvalue weighted by Gasteiger charge is 2.05. The third-order valence-electron chi connectivity index (χ3n) is 2.07. The molecule has 0 aliphatic carbocycles. The van der Waals surface area contributed by atoms with Gasteiger partial charge in [0, 0.05) is 5.56 Å². The highest BCUT2D eigenvalue weighted by atomic mass is 19.1. The minimum absolute atomic E-state index is 0.339. The fourth-order valence-electron chi connectivity index (χ4n) is 1.36. The quantitative estimate of drug-likeness (QED) is 0.770. The van der Waals surface area contributed by atoms with Gasteiger partial charge in [0.25, 0.3) is 5.56 Å². The van der Waals surface area contributed by atoms with Gasteiger partial charge in [-0.2, -0.15) is 0 Å². The predicted octanol–water partition coefficient (Wildman–Crippen LogP) is 1.88. The number of nitrogens with zero attached hydrogens (tertiary/aromatic N) is 1. The monoisotopic (exact) mass is 204 g/mol. The zero-order valence-corrected chi connectivity index (χ0v) is 8.12. The average molecular weight is 204 g/mol. The molecule has 0 aliphatic heterocycles. The topological polar surface area (TPSA) is 45.8 Å². The fraction of sp³-hybridized carbons (Fsp3) is 0.0909. The molecule has 0 amide bonds. The molecule has 0 radical (unpaired) electrons. The van der Waals surface area contributed by atoms with Gasteiger partial charge in [0.2, 0.25) is 0 Å². The van der Waals surface area contributed by atoms with Gasteiger partial charge in [-0.05, 0) is 19.1 Å². The van der Waals surface area contributed by atoms with Crippen molar-refractivity contribution in [2.75, 3.05) is 0 Å². The van der Waals surface area contributed by atoms with Crippen molar-refractivity contribution in [2.45, 2.75) is 6.92 Å². The Bertz CT molecular complexity index is 548. The number of aryl methyl sites for hydroxylation is 1. The van der Waals surface area contributed by atoms with Crippen LogP contribution >= 0.6 is 0 Å². The number of H-pyrrole nitrogens is 1. The van der Waals surface area contributed by atoms with E-state index in [9.17, 15) is 9.18 Å². The van der Waals surface area contributed by atoms with E-state index >= 15 is 0 Å². The Morgan fingerprint density at radius 3 is 2.87 bits per heavy atom. The van der Waals surface area contributed by atoms with Gasteiger partial charge in [0.1, 0.15) is 5.82 Å². The Labute approximate surface area is 85.6 Å². The van der Waals surface area contributed by atoms with Gasteiger partial charge in [-0.1, -0.05) is 11.6 Å². The van der Waals surface area contributed by atoms with Gasteiger partial charge in [0.05, 0.1) is 18.1 Å². The van der Waals surface area contributed by atoms with Gasteiger partial charge >= 0.3 is 0 Å². The summed E-state index contributed by atoms with van der Waals surface area (Å²) in [6.45, 7) is 1.86. The van der Waals surface area contributed by atoms with E-state index < -0.39 is 0 Å². The number of aromatic nitrogens is 2. The molecule has 1 heterocycles. The largest absolute Gasteiger partial charge is 0.319 e. The van der Waals surface area contributed by atoms with E-state index in [1.54, 1.807) is 12.1 Å². The van der Waals surface area contributed by atoms with Crippen molar-refractivity contribution >= 4 is 0 Å². The van der Waals surface area contributed by atoms with E-state index in [2.05, 4.69) is 9.97 Å². The molecule has 1 N–H and O–H groups in total. The molecule has 0 spiro atoms. The first-order valence-electron chi connectivity index (χ1n) is 4.47. The lowest BCUT2D eigenvalue weighted by Gasteiger charge is -2.03. The molecular formula is C11H9FN2O. The molecule has 0 saturated carbocycles. The van der Waals surface area contributed by atoms with Crippen molar-refractivity contribution in [1.29, 1.82) is 0 Å². The van der Waals surface area contributed by atoms with Gasteiger partial charge in [-0.15, -0.1) is 0 Å². The van der Waals surface area contributed by atoms with Crippen LogP contribution in [0.15, 0.2) is 35.4 Å². The van der Waals surface area contributed by atoms with Crippen molar-refractivity contribution in [3.05, 3.63) is 52.3 Å². The van der Waals surface area contributed by atoms with Gasteiger partial charge in [-0.25, -0.2) is 4.39 Å². The molecule has 0 saturated heterocycles. The second kappa shape index (κ2) is 3.65. The molecule has 1 aromatic carbocycles. The fourth-order valence-corrected chi connectivity index (χ4v) is 1.36. The summed E-state index contributed by atoms with van der Waals surface area (Å²) in [6, 6.07) is 4.71. The van der Waals surface area contributed by atoms with Gasteiger partial charge in [-0.3, -0.25) is 9.78 Å². The van der Waals surface area contributed by atoms with Gasteiger partial charge in [0.15, 0.2) is 0 Å². The molecule has 1 aromatic heterocycles. The molecular weight excluding hydrogens is 195 g/mol. The molecule has 0 atom stereocenters. The Kier molecular flexibility index (Phi) is 2.33. The second-order valence-corrected chi connectivity index (χ2v) is 3.29. The van der Waals surface area contributed by atoms with E-state index in [-0.39, 0.29) is 11.4 Å². The SMILES string of the molecule is Cc1ccc(F)c(-c2cncc(=O)[nH]2)c1. The molecule has 0 aliphatic rings. The second-order valence-electron chi connectivity index (χ2n) is 3.29.